The standard InChI is InChI=1S/C41H53N9O8/c42-29(22-26-12-4-1-5-13-26)35(52)47-31(23-27-14-6-2-7-15-27)37(54)46-30(18-10-20-45-41(43)44)36(53)49-33(25-51)38(55)48-32(24-28-16-8-3-9-17-28)39(56)50-21-11-19-34(50)40(57)58/h1-9,12-17,29-34,51H,10-11,18-25,42H2,(H,46,54)(H,47,52)(H,48,55)(H,49,53)(H,57,58)(H4,43,44,45)/t29-,30-,31-,32-,33-,34+/m0/s1. The Kier molecular flexibility index (Phi) is 17.2. The number of carboxylic acids is 1. The minimum atomic E-state index is -1.59. The number of likely N-dealkylation sites (tertiary alicyclic amines) is 1. The number of aliphatic hydroxyl groups is 1. The third-order valence-electron chi connectivity index (χ3n) is 9.70. The summed E-state index contributed by atoms with van der Waals surface area (Å²) in [5, 5.41) is 40.6. The van der Waals surface area contributed by atoms with Crippen LogP contribution in [-0.2, 0) is 48.0 Å². The summed E-state index contributed by atoms with van der Waals surface area (Å²) in [6, 6.07) is 19.5. The van der Waals surface area contributed by atoms with Crippen LogP contribution in [0.5, 0.6) is 0 Å². The molecule has 310 valence electrons. The molecule has 1 fully saturated rings. The molecule has 17 nitrogen and oxygen atoms in total. The van der Waals surface area contributed by atoms with Gasteiger partial charge >= 0.3 is 5.97 Å². The Bertz CT molecular complexity index is 1850. The van der Waals surface area contributed by atoms with E-state index in [1.807, 2.05) is 30.3 Å². The molecule has 17 heteroatoms. The molecule has 0 aliphatic carbocycles. The molecule has 12 N–H and O–H groups in total. The van der Waals surface area contributed by atoms with Crippen molar-refractivity contribution in [3.8, 4) is 0 Å². The zero-order chi connectivity index (χ0) is 42.0. The van der Waals surface area contributed by atoms with E-state index in [-0.39, 0.29) is 57.6 Å². The molecule has 1 aliphatic heterocycles. The van der Waals surface area contributed by atoms with Gasteiger partial charge in [-0.05, 0) is 48.8 Å². The van der Waals surface area contributed by atoms with Gasteiger partial charge in [0.1, 0.15) is 30.2 Å². The second-order valence-electron chi connectivity index (χ2n) is 14.1. The number of aliphatic hydroxyl groups excluding tert-OH is 1. The first-order valence-electron chi connectivity index (χ1n) is 19.2. The molecule has 1 heterocycles. The molecule has 5 amide bonds. The molecule has 1 saturated heterocycles. The minimum absolute atomic E-state index is 0.00566. The second kappa shape index (κ2) is 22.4. The number of amides is 5. The van der Waals surface area contributed by atoms with Crippen LogP contribution in [0.1, 0.15) is 42.4 Å². The first-order chi connectivity index (χ1) is 27.9. The highest BCUT2D eigenvalue weighted by Crippen LogP contribution is 2.20. The summed E-state index contributed by atoms with van der Waals surface area (Å²) in [6.07, 6.45) is 1.20. The first-order valence-corrected chi connectivity index (χ1v) is 19.2. The molecule has 0 spiro atoms. The van der Waals surface area contributed by atoms with Crippen LogP contribution in [0, 0.1) is 5.41 Å². The van der Waals surface area contributed by atoms with Gasteiger partial charge in [-0.25, -0.2) is 4.79 Å². The summed E-state index contributed by atoms with van der Waals surface area (Å²) >= 11 is 0. The van der Waals surface area contributed by atoms with Gasteiger partial charge in [0, 0.05) is 25.9 Å². The fourth-order valence-electron chi connectivity index (χ4n) is 6.64. The Morgan fingerprint density at radius 3 is 1.69 bits per heavy atom. The van der Waals surface area contributed by atoms with Crippen LogP contribution in [-0.4, -0.2) is 113 Å². The van der Waals surface area contributed by atoms with Crippen molar-refractivity contribution in [3.05, 3.63) is 108 Å². The van der Waals surface area contributed by atoms with Crippen LogP contribution in [0.2, 0.25) is 0 Å². The molecule has 0 saturated carbocycles. The predicted molar refractivity (Wildman–Crippen MR) is 215 cm³/mol. The van der Waals surface area contributed by atoms with E-state index in [0.29, 0.717) is 17.5 Å². The minimum Gasteiger partial charge on any atom is -0.480 e. The van der Waals surface area contributed by atoms with E-state index < -0.39 is 78.4 Å². The van der Waals surface area contributed by atoms with Crippen LogP contribution in [0.15, 0.2) is 91.0 Å². The molecule has 0 bridgehead atoms. The molecule has 4 rings (SSSR count). The number of nitrogens with two attached hydrogens (primary N) is 2. The highest BCUT2D eigenvalue weighted by molar-refractivity contribution is 5.96. The van der Waals surface area contributed by atoms with Crippen LogP contribution in [0.3, 0.4) is 0 Å². The Morgan fingerprint density at radius 2 is 1.16 bits per heavy atom. The average molecular weight is 800 g/mol. The fourth-order valence-corrected chi connectivity index (χ4v) is 6.64. The van der Waals surface area contributed by atoms with Gasteiger partial charge in [0.25, 0.3) is 0 Å². The number of rotatable bonds is 21. The maximum atomic E-state index is 14.0. The van der Waals surface area contributed by atoms with Crippen LogP contribution in [0.4, 0.5) is 0 Å². The Hall–Kier alpha value is -6.33. The van der Waals surface area contributed by atoms with Crippen molar-refractivity contribution < 1.29 is 39.0 Å². The number of carbonyl (C=O) groups excluding carboxylic acids is 5. The summed E-state index contributed by atoms with van der Waals surface area (Å²) in [5.74, 6) is -5.17. The molecular weight excluding hydrogens is 747 g/mol. The molecule has 3 aromatic rings. The lowest BCUT2D eigenvalue weighted by molar-refractivity contribution is -0.149. The zero-order valence-corrected chi connectivity index (χ0v) is 32.1. The molecule has 58 heavy (non-hydrogen) atoms. The first kappa shape index (κ1) is 44.4. The molecule has 0 unspecified atom stereocenters. The third kappa shape index (κ3) is 13.7. The van der Waals surface area contributed by atoms with Gasteiger partial charge in [0.15, 0.2) is 5.96 Å². The molecule has 1 aliphatic rings. The van der Waals surface area contributed by atoms with E-state index in [4.69, 9.17) is 16.9 Å². The van der Waals surface area contributed by atoms with Gasteiger partial charge in [-0.2, -0.15) is 0 Å². The van der Waals surface area contributed by atoms with Crippen LogP contribution < -0.4 is 38.1 Å². The summed E-state index contributed by atoms with van der Waals surface area (Å²) in [6.45, 7) is -0.542. The lowest BCUT2D eigenvalue weighted by atomic mass is 10.0. The van der Waals surface area contributed by atoms with E-state index >= 15 is 0 Å². The Morgan fingerprint density at radius 1 is 0.690 bits per heavy atom. The number of carboxylic acid groups (broad SMARTS) is 1. The number of nitrogens with one attached hydrogen (secondary N) is 6. The van der Waals surface area contributed by atoms with Gasteiger partial charge in [0.05, 0.1) is 12.6 Å². The molecule has 6 atom stereocenters. The van der Waals surface area contributed by atoms with Crippen molar-refractivity contribution >= 4 is 41.5 Å². The highest BCUT2D eigenvalue weighted by atomic mass is 16.4. The number of benzene rings is 3. The number of hydrogen-bond donors (Lipinski definition) is 10. The van der Waals surface area contributed by atoms with E-state index in [1.165, 1.54) is 4.90 Å². The predicted octanol–water partition coefficient (Wildman–Crippen LogP) is -0.688. The van der Waals surface area contributed by atoms with Crippen molar-refractivity contribution in [2.24, 2.45) is 11.5 Å². The van der Waals surface area contributed by atoms with Gasteiger partial charge < -0.3 is 53.2 Å². The lowest BCUT2D eigenvalue weighted by Crippen LogP contribution is -2.60. The lowest BCUT2D eigenvalue weighted by Gasteiger charge is -2.29. The third-order valence-corrected chi connectivity index (χ3v) is 9.70. The summed E-state index contributed by atoms with van der Waals surface area (Å²) in [5.41, 5.74) is 13.9. The quantitative estimate of drug-likeness (QED) is 0.0366. The highest BCUT2D eigenvalue weighted by Gasteiger charge is 2.39. The molecule has 3 aromatic carbocycles. The average Bonchev–Trinajstić information content (AvgIpc) is 3.72. The maximum absolute atomic E-state index is 14.0. The largest absolute Gasteiger partial charge is 0.480 e. The maximum Gasteiger partial charge on any atom is 0.326 e. The van der Waals surface area contributed by atoms with E-state index in [9.17, 15) is 39.0 Å². The monoisotopic (exact) mass is 799 g/mol. The van der Waals surface area contributed by atoms with Crippen molar-refractivity contribution in [2.75, 3.05) is 19.7 Å². The number of hydrogen-bond acceptors (Lipinski definition) is 9. The topological polar surface area (TPSA) is 282 Å². The number of guanidine groups is 1. The molecule has 0 aromatic heterocycles. The Balaban J connectivity index is 1.52. The normalized spacial score (nSPS) is 16.1. The summed E-state index contributed by atoms with van der Waals surface area (Å²) in [4.78, 5) is 81.7. The van der Waals surface area contributed by atoms with Gasteiger partial charge in [-0.1, -0.05) is 91.0 Å². The number of aliphatic carboxylic acids is 1. The van der Waals surface area contributed by atoms with Crippen molar-refractivity contribution in [1.29, 1.82) is 5.41 Å². The molecular formula is C41H53N9O8. The molecule has 0 radical (unpaired) electrons. The van der Waals surface area contributed by atoms with E-state index in [1.54, 1.807) is 60.7 Å². The summed E-state index contributed by atoms with van der Waals surface area (Å²) in [7, 11) is 0. The van der Waals surface area contributed by atoms with Crippen molar-refractivity contribution in [2.45, 2.75) is 81.2 Å². The van der Waals surface area contributed by atoms with Gasteiger partial charge in [-0.15, -0.1) is 0 Å². The number of nitrogens with zero attached hydrogens (tertiary/aromatic N) is 1. The van der Waals surface area contributed by atoms with Gasteiger partial charge in [0.2, 0.25) is 29.5 Å². The van der Waals surface area contributed by atoms with Gasteiger partial charge in [-0.3, -0.25) is 29.4 Å². The Labute approximate surface area is 336 Å². The van der Waals surface area contributed by atoms with E-state index in [0.717, 1.165) is 5.56 Å². The SMILES string of the molecule is N=C(N)NCCC[C@H](NC(=O)[C@H](Cc1ccccc1)NC(=O)[C@@H](N)Cc1ccccc1)C(=O)N[C@@H](CO)C(=O)N[C@@H](Cc1ccccc1)C(=O)N1CCC[C@@H]1C(=O)O. The smallest absolute Gasteiger partial charge is 0.326 e. The van der Waals surface area contributed by atoms with Crippen LogP contribution >= 0.6 is 0 Å². The van der Waals surface area contributed by atoms with E-state index in [2.05, 4.69) is 26.6 Å². The van der Waals surface area contributed by atoms with Crippen molar-refractivity contribution in [1.82, 2.24) is 31.5 Å². The summed E-state index contributed by atoms with van der Waals surface area (Å²) < 4.78 is 0. The zero-order valence-electron chi connectivity index (χ0n) is 32.1. The second-order valence-corrected chi connectivity index (χ2v) is 14.1. The van der Waals surface area contributed by atoms with Crippen LogP contribution in [0.25, 0.3) is 0 Å². The van der Waals surface area contributed by atoms with Crippen molar-refractivity contribution in [3.63, 3.8) is 0 Å². The number of carbonyl (C=O) groups is 6. The fraction of sp³-hybridized carbons (Fsp3) is 0.390.